The minimum absolute atomic E-state index is 0.605. The van der Waals surface area contributed by atoms with Gasteiger partial charge < -0.3 is 0 Å². The molecular weight excluding hydrogens is 312 g/mol. The molecule has 0 heteroatoms. The molecule has 0 aliphatic heterocycles. The normalized spacial score (nSPS) is 12.5. The molecule has 130 valence electrons. The van der Waals surface area contributed by atoms with Crippen LogP contribution in [0, 0.1) is 0 Å². The van der Waals surface area contributed by atoms with Gasteiger partial charge in [0.05, 0.1) is 0 Å². The Morgan fingerprint density at radius 2 is 1.23 bits per heavy atom. The lowest BCUT2D eigenvalue weighted by molar-refractivity contribution is 0.608. The summed E-state index contributed by atoms with van der Waals surface area (Å²) in [6.07, 6.45) is 4.94. The van der Waals surface area contributed by atoms with Crippen molar-refractivity contribution in [3.63, 3.8) is 0 Å². The van der Waals surface area contributed by atoms with Crippen LogP contribution in [0.5, 0.6) is 0 Å². The van der Waals surface area contributed by atoms with Gasteiger partial charge in [0.25, 0.3) is 0 Å². The van der Waals surface area contributed by atoms with Crippen LogP contribution in [0.15, 0.2) is 84.9 Å². The van der Waals surface area contributed by atoms with Crippen molar-refractivity contribution in [2.24, 2.45) is 0 Å². The van der Waals surface area contributed by atoms with Crippen LogP contribution < -0.4 is 0 Å². The van der Waals surface area contributed by atoms with Gasteiger partial charge in [0.2, 0.25) is 0 Å². The molecule has 0 fully saturated rings. The van der Waals surface area contributed by atoms with Gasteiger partial charge in [-0.2, -0.15) is 0 Å². The standard InChI is InChI=1S/C26H26/c1-20(24-19-9-16-23-13-5-7-18-26(23)24)10-2-3-11-21-14-8-15-22-12-4-6-17-25(21)22/h4-9,12-20H,2-3,10-11H2,1H3. The monoisotopic (exact) mass is 338 g/mol. The first-order valence-electron chi connectivity index (χ1n) is 9.77. The summed E-state index contributed by atoms with van der Waals surface area (Å²) in [6, 6.07) is 30.9. The number of benzene rings is 4. The van der Waals surface area contributed by atoms with E-state index in [2.05, 4.69) is 91.9 Å². The van der Waals surface area contributed by atoms with E-state index in [4.69, 9.17) is 0 Å². The van der Waals surface area contributed by atoms with Crippen LogP contribution in [0.4, 0.5) is 0 Å². The van der Waals surface area contributed by atoms with E-state index in [1.54, 1.807) is 0 Å². The molecule has 1 unspecified atom stereocenters. The molecule has 0 nitrogen and oxygen atoms in total. The van der Waals surface area contributed by atoms with Crippen molar-refractivity contribution < 1.29 is 0 Å². The number of hydrogen-bond donors (Lipinski definition) is 0. The molecule has 0 aliphatic carbocycles. The Morgan fingerprint density at radius 3 is 2.04 bits per heavy atom. The summed E-state index contributed by atoms with van der Waals surface area (Å²) < 4.78 is 0. The summed E-state index contributed by atoms with van der Waals surface area (Å²) in [4.78, 5) is 0. The predicted molar refractivity (Wildman–Crippen MR) is 114 cm³/mol. The van der Waals surface area contributed by atoms with Crippen molar-refractivity contribution >= 4 is 21.5 Å². The van der Waals surface area contributed by atoms with Crippen LogP contribution in [0.1, 0.15) is 43.2 Å². The third-order valence-corrected chi connectivity index (χ3v) is 5.57. The molecule has 0 aliphatic rings. The number of rotatable bonds is 6. The van der Waals surface area contributed by atoms with E-state index < -0.39 is 0 Å². The largest absolute Gasteiger partial charge is 0.0616 e. The lowest BCUT2D eigenvalue weighted by Gasteiger charge is -2.15. The van der Waals surface area contributed by atoms with Gasteiger partial charge in [-0.3, -0.25) is 0 Å². The molecule has 4 aromatic rings. The van der Waals surface area contributed by atoms with E-state index >= 15 is 0 Å². The molecule has 4 rings (SSSR count). The van der Waals surface area contributed by atoms with E-state index in [-0.39, 0.29) is 0 Å². The van der Waals surface area contributed by atoms with Crippen molar-refractivity contribution in [1.82, 2.24) is 0 Å². The molecule has 0 N–H and O–H groups in total. The smallest absolute Gasteiger partial charge is 0.0149 e. The van der Waals surface area contributed by atoms with Gasteiger partial charge in [-0.05, 0) is 57.9 Å². The fourth-order valence-electron chi connectivity index (χ4n) is 4.11. The van der Waals surface area contributed by atoms with Crippen LogP contribution in [-0.2, 0) is 6.42 Å². The SMILES string of the molecule is CC(CCCCc1cccc2ccccc12)c1cccc2ccccc12. The zero-order valence-electron chi connectivity index (χ0n) is 15.5. The Balaban J connectivity index is 1.40. The fraction of sp³-hybridized carbons (Fsp3) is 0.231. The topological polar surface area (TPSA) is 0 Å². The summed E-state index contributed by atoms with van der Waals surface area (Å²) >= 11 is 0. The maximum absolute atomic E-state index is 2.37. The van der Waals surface area contributed by atoms with Gasteiger partial charge in [-0.1, -0.05) is 98.3 Å². The van der Waals surface area contributed by atoms with Crippen molar-refractivity contribution in [2.45, 2.75) is 38.5 Å². The minimum atomic E-state index is 0.605. The lowest BCUT2D eigenvalue weighted by Crippen LogP contribution is -1.96. The number of unbranched alkanes of at least 4 members (excludes halogenated alkanes) is 1. The number of aryl methyl sites for hydroxylation is 1. The predicted octanol–water partition coefficient (Wildman–Crippen LogP) is 7.51. The van der Waals surface area contributed by atoms with Crippen molar-refractivity contribution in [3.8, 4) is 0 Å². The van der Waals surface area contributed by atoms with Crippen LogP contribution >= 0.6 is 0 Å². The zero-order valence-corrected chi connectivity index (χ0v) is 15.5. The van der Waals surface area contributed by atoms with Crippen molar-refractivity contribution in [3.05, 3.63) is 96.1 Å². The van der Waals surface area contributed by atoms with Gasteiger partial charge in [0, 0.05) is 0 Å². The highest BCUT2D eigenvalue weighted by Gasteiger charge is 2.09. The van der Waals surface area contributed by atoms with E-state index in [1.807, 2.05) is 0 Å². The molecule has 26 heavy (non-hydrogen) atoms. The molecule has 0 spiro atoms. The molecule has 0 amide bonds. The fourth-order valence-corrected chi connectivity index (χ4v) is 4.11. The maximum Gasteiger partial charge on any atom is -0.0149 e. The van der Waals surface area contributed by atoms with Crippen molar-refractivity contribution in [1.29, 1.82) is 0 Å². The Bertz CT molecular complexity index is 1000. The lowest BCUT2D eigenvalue weighted by atomic mass is 9.90. The Morgan fingerprint density at radius 1 is 0.615 bits per heavy atom. The molecule has 0 radical (unpaired) electrons. The van der Waals surface area contributed by atoms with Gasteiger partial charge in [-0.25, -0.2) is 0 Å². The van der Waals surface area contributed by atoms with Crippen LogP contribution in [0.2, 0.25) is 0 Å². The van der Waals surface area contributed by atoms with Crippen molar-refractivity contribution in [2.75, 3.05) is 0 Å². The summed E-state index contributed by atoms with van der Waals surface area (Å²) in [5.74, 6) is 0.605. The van der Waals surface area contributed by atoms with Crippen LogP contribution in [0.25, 0.3) is 21.5 Å². The highest BCUT2D eigenvalue weighted by Crippen LogP contribution is 2.29. The number of fused-ring (bicyclic) bond motifs is 2. The molecule has 1 atom stereocenters. The highest BCUT2D eigenvalue weighted by molar-refractivity contribution is 5.86. The first kappa shape index (κ1) is 16.8. The average Bonchev–Trinajstić information content (AvgIpc) is 2.70. The summed E-state index contributed by atoms with van der Waals surface area (Å²) in [6.45, 7) is 2.37. The zero-order chi connectivity index (χ0) is 17.8. The second kappa shape index (κ2) is 7.74. The third-order valence-electron chi connectivity index (χ3n) is 5.57. The summed E-state index contributed by atoms with van der Waals surface area (Å²) in [5.41, 5.74) is 2.98. The second-order valence-electron chi connectivity index (χ2n) is 7.35. The van der Waals surface area contributed by atoms with Gasteiger partial charge in [0.1, 0.15) is 0 Å². The molecular formula is C26H26. The van der Waals surface area contributed by atoms with E-state index in [0.717, 1.165) is 0 Å². The van der Waals surface area contributed by atoms with Gasteiger partial charge >= 0.3 is 0 Å². The van der Waals surface area contributed by atoms with E-state index in [9.17, 15) is 0 Å². The first-order chi connectivity index (χ1) is 12.8. The van der Waals surface area contributed by atoms with Gasteiger partial charge in [0.15, 0.2) is 0 Å². The van der Waals surface area contributed by atoms with Gasteiger partial charge in [-0.15, -0.1) is 0 Å². The van der Waals surface area contributed by atoms with E-state index in [1.165, 1.54) is 58.4 Å². The first-order valence-corrected chi connectivity index (χ1v) is 9.77. The molecule has 0 saturated heterocycles. The average molecular weight is 338 g/mol. The molecule has 4 aromatic carbocycles. The van der Waals surface area contributed by atoms with E-state index in [0.29, 0.717) is 5.92 Å². The number of hydrogen-bond acceptors (Lipinski definition) is 0. The Labute approximate surface area is 156 Å². The molecule has 0 heterocycles. The van der Waals surface area contributed by atoms with Crippen LogP contribution in [0.3, 0.4) is 0 Å². The molecule has 0 aromatic heterocycles. The maximum atomic E-state index is 2.37. The molecule has 0 saturated carbocycles. The quantitative estimate of drug-likeness (QED) is 0.319. The third kappa shape index (κ3) is 3.51. The highest BCUT2D eigenvalue weighted by atomic mass is 14.1. The Hall–Kier alpha value is -2.60. The summed E-state index contributed by atoms with van der Waals surface area (Å²) in [5, 5.41) is 5.54. The molecule has 0 bridgehead atoms. The summed E-state index contributed by atoms with van der Waals surface area (Å²) in [7, 11) is 0. The Kier molecular flexibility index (Phi) is 5.02. The second-order valence-corrected chi connectivity index (χ2v) is 7.35. The minimum Gasteiger partial charge on any atom is -0.0616 e. The van der Waals surface area contributed by atoms with Crippen LogP contribution in [-0.4, -0.2) is 0 Å².